The third-order valence-electron chi connectivity index (χ3n) is 3.53. The topological polar surface area (TPSA) is 28.0 Å². The molecule has 0 aromatic carbocycles. The number of unbranched alkanes of at least 4 members (excludes halogenated alkanes) is 3. The summed E-state index contributed by atoms with van der Waals surface area (Å²) in [5.74, 6) is 0. The Morgan fingerprint density at radius 3 is 1.95 bits per heavy atom. The van der Waals surface area contributed by atoms with Gasteiger partial charge in [0.15, 0.2) is 24.8 Å². The highest BCUT2D eigenvalue weighted by Crippen LogP contribution is 2.15. The molecule has 1 N–H and O–H groups in total. The molecule has 2 rings (SSSR count). The summed E-state index contributed by atoms with van der Waals surface area (Å²) in [5.41, 5.74) is 2.50. The van der Waals surface area contributed by atoms with E-state index in [1.807, 2.05) is 11.6 Å². The SMILES string of the molecule is C[n+]1ccc(-c2cc[n+](CCCCCCO)cc2)cc1. The lowest BCUT2D eigenvalue weighted by molar-refractivity contribution is -0.697. The average Bonchev–Trinajstić information content (AvgIpc) is 2.49. The van der Waals surface area contributed by atoms with E-state index in [2.05, 4.69) is 53.6 Å². The van der Waals surface area contributed by atoms with Gasteiger partial charge in [0.2, 0.25) is 0 Å². The lowest BCUT2D eigenvalue weighted by Gasteiger charge is -2.01. The Morgan fingerprint density at radius 1 is 0.800 bits per heavy atom. The van der Waals surface area contributed by atoms with Gasteiger partial charge in [0.1, 0.15) is 13.6 Å². The van der Waals surface area contributed by atoms with Gasteiger partial charge >= 0.3 is 0 Å². The molecule has 0 aliphatic heterocycles. The summed E-state index contributed by atoms with van der Waals surface area (Å²) in [7, 11) is 2.03. The van der Waals surface area contributed by atoms with Gasteiger partial charge in [0, 0.05) is 37.3 Å². The zero-order valence-corrected chi connectivity index (χ0v) is 12.2. The predicted octanol–water partition coefficient (Wildman–Crippen LogP) is 2.02. The molecule has 0 aliphatic rings. The van der Waals surface area contributed by atoms with Crippen LogP contribution in [0.15, 0.2) is 49.1 Å². The summed E-state index contributed by atoms with van der Waals surface area (Å²) in [6.45, 7) is 1.37. The number of aliphatic hydroxyl groups is 1. The van der Waals surface area contributed by atoms with Crippen molar-refractivity contribution >= 4 is 0 Å². The second-order valence-corrected chi connectivity index (χ2v) is 5.21. The van der Waals surface area contributed by atoms with Gasteiger partial charge in [-0.15, -0.1) is 0 Å². The number of pyridine rings is 2. The zero-order chi connectivity index (χ0) is 14.2. The molecule has 0 atom stereocenters. The quantitative estimate of drug-likeness (QED) is 0.606. The Morgan fingerprint density at radius 2 is 1.35 bits per heavy atom. The Bertz CT molecular complexity index is 506. The molecule has 0 saturated heterocycles. The number of nitrogens with zero attached hydrogens (tertiary/aromatic N) is 2. The first-order chi connectivity index (χ1) is 9.79. The van der Waals surface area contributed by atoms with Crippen LogP contribution in [-0.4, -0.2) is 11.7 Å². The second kappa shape index (κ2) is 7.75. The first kappa shape index (κ1) is 14.7. The summed E-state index contributed by atoms with van der Waals surface area (Å²) < 4.78 is 4.27. The summed E-state index contributed by atoms with van der Waals surface area (Å²) in [6.07, 6.45) is 12.8. The number of hydrogen-bond acceptors (Lipinski definition) is 1. The number of aliphatic hydroxyl groups excluding tert-OH is 1. The molecule has 2 aromatic rings. The van der Waals surface area contributed by atoms with Crippen molar-refractivity contribution < 1.29 is 14.2 Å². The highest BCUT2D eigenvalue weighted by atomic mass is 16.2. The van der Waals surface area contributed by atoms with Gasteiger partial charge in [-0.1, -0.05) is 6.42 Å². The Hall–Kier alpha value is -1.74. The molecule has 0 fully saturated rings. The van der Waals surface area contributed by atoms with Crippen LogP contribution in [0.5, 0.6) is 0 Å². The van der Waals surface area contributed by atoms with E-state index in [-0.39, 0.29) is 0 Å². The molecule has 0 spiro atoms. The van der Waals surface area contributed by atoms with Crippen molar-refractivity contribution in [2.24, 2.45) is 7.05 Å². The van der Waals surface area contributed by atoms with Crippen LogP contribution in [0.25, 0.3) is 11.1 Å². The Balaban J connectivity index is 1.88. The molecule has 3 heteroatoms. The molecule has 2 aromatic heterocycles. The normalized spacial score (nSPS) is 10.7. The van der Waals surface area contributed by atoms with Gasteiger partial charge in [-0.3, -0.25) is 0 Å². The largest absolute Gasteiger partial charge is 0.396 e. The number of aromatic nitrogens is 2. The van der Waals surface area contributed by atoms with Crippen molar-refractivity contribution in [1.29, 1.82) is 0 Å². The maximum atomic E-state index is 8.73. The van der Waals surface area contributed by atoms with E-state index in [0.29, 0.717) is 6.61 Å². The van der Waals surface area contributed by atoms with Gasteiger partial charge in [-0.25, -0.2) is 9.13 Å². The molecular formula is C17H24N2O+2. The lowest BCUT2D eigenvalue weighted by Crippen LogP contribution is -2.32. The lowest BCUT2D eigenvalue weighted by atomic mass is 10.1. The molecule has 20 heavy (non-hydrogen) atoms. The monoisotopic (exact) mass is 272 g/mol. The maximum Gasteiger partial charge on any atom is 0.169 e. The number of rotatable bonds is 7. The fraction of sp³-hybridized carbons (Fsp3) is 0.412. The van der Waals surface area contributed by atoms with Crippen molar-refractivity contribution in [3.63, 3.8) is 0 Å². The third-order valence-corrected chi connectivity index (χ3v) is 3.53. The maximum absolute atomic E-state index is 8.73. The van der Waals surface area contributed by atoms with Crippen LogP contribution >= 0.6 is 0 Å². The summed E-state index contributed by atoms with van der Waals surface area (Å²) in [4.78, 5) is 0. The molecule has 0 bridgehead atoms. The minimum atomic E-state index is 0.316. The van der Waals surface area contributed by atoms with Crippen molar-refractivity contribution in [2.45, 2.75) is 32.2 Å². The standard InChI is InChI=1S/C17H24N2O/c1-18-11-6-16(7-12-18)17-8-13-19(14-9-17)10-4-2-3-5-15-20/h6-9,11-14,20H,2-5,10,15H2,1H3/q+2. The van der Waals surface area contributed by atoms with Crippen molar-refractivity contribution in [1.82, 2.24) is 0 Å². The van der Waals surface area contributed by atoms with Gasteiger partial charge in [0.05, 0.1) is 0 Å². The number of hydrogen-bond donors (Lipinski definition) is 1. The van der Waals surface area contributed by atoms with E-state index in [0.717, 1.165) is 19.4 Å². The highest BCUT2D eigenvalue weighted by Gasteiger charge is 2.04. The highest BCUT2D eigenvalue weighted by molar-refractivity contribution is 5.60. The molecule has 0 aliphatic carbocycles. The molecule has 0 saturated carbocycles. The molecule has 0 amide bonds. The van der Waals surface area contributed by atoms with Crippen LogP contribution in [-0.2, 0) is 13.6 Å². The molecule has 0 unspecified atom stereocenters. The van der Waals surface area contributed by atoms with E-state index < -0.39 is 0 Å². The van der Waals surface area contributed by atoms with Crippen LogP contribution in [0.4, 0.5) is 0 Å². The third kappa shape index (κ3) is 4.42. The summed E-state index contributed by atoms with van der Waals surface area (Å²) in [6, 6.07) is 8.61. The van der Waals surface area contributed by atoms with E-state index >= 15 is 0 Å². The van der Waals surface area contributed by atoms with E-state index in [1.165, 1.54) is 24.0 Å². The molecule has 106 valence electrons. The molecule has 0 radical (unpaired) electrons. The van der Waals surface area contributed by atoms with E-state index in [4.69, 9.17) is 5.11 Å². The fourth-order valence-electron chi connectivity index (χ4n) is 2.25. The average molecular weight is 272 g/mol. The van der Waals surface area contributed by atoms with Crippen LogP contribution in [0.1, 0.15) is 25.7 Å². The minimum Gasteiger partial charge on any atom is -0.396 e. The molecule has 2 heterocycles. The van der Waals surface area contributed by atoms with Crippen molar-refractivity contribution in [3.8, 4) is 11.1 Å². The van der Waals surface area contributed by atoms with Crippen LogP contribution in [0.2, 0.25) is 0 Å². The number of aryl methyl sites for hydroxylation is 2. The summed E-state index contributed by atoms with van der Waals surface area (Å²) in [5, 5.41) is 8.73. The predicted molar refractivity (Wildman–Crippen MR) is 78.8 cm³/mol. The van der Waals surface area contributed by atoms with Gasteiger partial charge < -0.3 is 5.11 Å². The van der Waals surface area contributed by atoms with Gasteiger partial charge in [-0.05, 0) is 24.0 Å². The van der Waals surface area contributed by atoms with Crippen LogP contribution in [0, 0.1) is 0 Å². The Labute approximate surface area is 121 Å². The van der Waals surface area contributed by atoms with Gasteiger partial charge in [-0.2, -0.15) is 0 Å². The molecule has 3 nitrogen and oxygen atoms in total. The smallest absolute Gasteiger partial charge is 0.169 e. The second-order valence-electron chi connectivity index (χ2n) is 5.21. The zero-order valence-electron chi connectivity index (χ0n) is 12.2. The van der Waals surface area contributed by atoms with E-state index in [9.17, 15) is 0 Å². The van der Waals surface area contributed by atoms with Gasteiger partial charge in [0.25, 0.3) is 0 Å². The minimum absolute atomic E-state index is 0.316. The summed E-state index contributed by atoms with van der Waals surface area (Å²) >= 11 is 0. The van der Waals surface area contributed by atoms with Crippen molar-refractivity contribution in [2.75, 3.05) is 6.61 Å². The first-order valence-corrected chi connectivity index (χ1v) is 7.35. The van der Waals surface area contributed by atoms with E-state index in [1.54, 1.807) is 0 Å². The molecular weight excluding hydrogens is 248 g/mol. The van der Waals surface area contributed by atoms with Crippen LogP contribution < -0.4 is 9.13 Å². The first-order valence-electron chi connectivity index (χ1n) is 7.35. The Kier molecular flexibility index (Phi) is 5.69. The van der Waals surface area contributed by atoms with Crippen LogP contribution in [0.3, 0.4) is 0 Å². The fourth-order valence-corrected chi connectivity index (χ4v) is 2.25. The van der Waals surface area contributed by atoms with Crippen molar-refractivity contribution in [3.05, 3.63) is 49.1 Å².